The van der Waals surface area contributed by atoms with Gasteiger partial charge in [0.05, 0.1) is 6.61 Å². The van der Waals surface area contributed by atoms with E-state index >= 15 is 0 Å². The van der Waals surface area contributed by atoms with Crippen LogP contribution in [-0.4, -0.2) is 47.9 Å². The molecule has 19 heavy (non-hydrogen) atoms. The molecule has 0 saturated carbocycles. The summed E-state index contributed by atoms with van der Waals surface area (Å²) in [6, 6.07) is 0. The molecule has 0 aromatic rings. The van der Waals surface area contributed by atoms with Crippen molar-refractivity contribution in [1.82, 2.24) is 0 Å². The van der Waals surface area contributed by atoms with Gasteiger partial charge in [-0.1, -0.05) is 19.9 Å². The standard InChI is InChI=1S/C12H16O7/c1-3-5-12(10(14)15,19-9(13)4-2)11(16)18-7-8-6-17-8/h4,8H,2-3,5-7H2,1H3,(H,14,15). The number of carbonyl (C=O) groups excluding carboxylic acids is 2. The lowest BCUT2D eigenvalue weighted by molar-refractivity contribution is -0.192. The maximum absolute atomic E-state index is 11.9. The Bertz CT molecular complexity index is 386. The number of esters is 2. The fourth-order valence-corrected chi connectivity index (χ4v) is 1.45. The van der Waals surface area contributed by atoms with Crippen molar-refractivity contribution in [2.24, 2.45) is 0 Å². The van der Waals surface area contributed by atoms with Crippen molar-refractivity contribution in [3.8, 4) is 0 Å². The number of aliphatic carboxylic acids is 1. The molecule has 7 heteroatoms. The maximum Gasteiger partial charge on any atom is 0.362 e. The average Bonchev–Trinajstić information content (AvgIpc) is 3.18. The molecule has 2 atom stereocenters. The zero-order chi connectivity index (χ0) is 14.5. The van der Waals surface area contributed by atoms with Crippen molar-refractivity contribution in [2.45, 2.75) is 31.5 Å². The third kappa shape index (κ3) is 3.78. The second-order valence-corrected chi connectivity index (χ2v) is 4.06. The summed E-state index contributed by atoms with van der Waals surface area (Å²) < 4.78 is 14.4. The Balaban J connectivity index is 2.84. The highest BCUT2D eigenvalue weighted by molar-refractivity contribution is 6.05. The van der Waals surface area contributed by atoms with Crippen LogP contribution in [0.2, 0.25) is 0 Å². The molecule has 106 valence electrons. The SMILES string of the molecule is C=CC(=O)OC(CCC)(C(=O)O)C(=O)OCC1CO1. The van der Waals surface area contributed by atoms with Crippen molar-refractivity contribution in [1.29, 1.82) is 0 Å². The predicted octanol–water partition coefficient (Wildman–Crippen LogP) is 0.281. The van der Waals surface area contributed by atoms with Crippen LogP contribution in [-0.2, 0) is 28.6 Å². The number of ether oxygens (including phenoxy) is 3. The monoisotopic (exact) mass is 272 g/mol. The second-order valence-electron chi connectivity index (χ2n) is 4.06. The van der Waals surface area contributed by atoms with Crippen molar-refractivity contribution >= 4 is 17.9 Å². The van der Waals surface area contributed by atoms with Crippen LogP contribution < -0.4 is 0 Å². The van der Waals surface area contributed by atoms with E-state index in [-0.39, 0.29) is 19.1 Å². The van der Waals surface area contributed by atoms with Crippen molar-refractivity contribution in [3.63, 3.8) is 0 Å². The Hall–Kier alpha value is -1.89. The van der Waals surface area contributed by atoms with Gasteiger partial charge < -0.3 is 19.3 Å². The zero-order valence-corrected chi connectivity index (χ0v) is 10.6. The normalized spacial score (nSPS) is 19.9. The van der Waals surface area contributed by atoms with E-state index in [9.17, 15) is 19.5 Å². The predicted molar refractivity (Wildman–Crippen MR) is 62.3 cm³/mol. The number of carboxylic acid groups (broad SMARTS) is 1. The molecule has 1 heterocycles. The Morgan fingerprint density at radius 2 is 2.16 bits per heavy atom. The van der Waals surface area contributed by atoms with Crippen LogP contribution in [0, 0.1) is 0 Å². The number of hydrogen-bond acceptors (Lipinski definition) is 6. The fourth-order valence-electron chi connectivity index (χ4n) is 1.45. The first-order valence-electron chi connectivity index (χ1n) is 5.84. The molecule has 0 aromatic carbocycles. The second kappa shape index (κ2) is 6.33. The van der Waals surface area contributed by atoms with Crippen molar-refractivity contribution in [3.05, 3.63) is 12.7 Å². The van der Waals surface area contributed by atoms with E-state index in [1.54, 1.807) is 6.92 Å². The number of hydrogen-bond donors (Lipinski definition) is 1. The minimum atomic E-state index is -2.32. The summed E-state index contributed by atoms with van der Waals surface area (Å²) in [5.74, 6) is -3.66. The summed E-state index contributed by atoms with van der Waals surface area (Å²) in [5.41, 5.74) is -2.32. The highest BCUT2D eigenvalue weighted by atomic mass is 16.6. The molecular formula is C12H16O7. The van der Waals surface area contributed by atoms with Crippen molar-refractivity contribution in [2.75, 3.05) is 13.2 Å². The van der Waals surface area contributed by atoms with Crippen LogP contribution in [0.5, 0.6) is 0 Å². The van der Waals surface area contributed by atoms with Gasteiger partial charge in [-0.25, -0.2) is 14.4 Å². The van der Waals surface area contributed by atoms with Crippen LogP contribution in [0.25, 0.3) is 0 Å². The average molecular weight is 272 g/mol. The smallest absolute Gasteiger partial charge is 0.362 e. The van der Waals surface area contributed by atoms with E-state index in [0.717, 1.165) is 6.08 Å². The largest absolute Gasteiger partial charge is 0.478 e. The topological polar surface area (TPSA) is 102 Å². The Kier molecular flexibility index (Phi) is 5.05. The third-order valence-corrected chi connectivity index (χ3v) is 2.52. The summed E-state index contributed by atoms with van der Waals surface area (Å²) in [6.45, 7) is 5.25. The van der Waals surface area contributed by atoms with Gasteiger partial charge >= 0.3 is 23.5 Å². The first-order chi connectivity index (χ1) is 8.96. The molecule has 1 saturated heterocycles. The lowest BCUT2D eigenvalue weighted by Gasteiger charge is -2.26. The number of carbonyl (C=O) groups is 3. The van der Waals surface area contributed by atoms with E-state index in [1.807, 2.05) is 0 Å². The molecule has 7 nitrogen and oxygen atoms in total. The van der Waals surface area contributed by atoms with Gasteiger partial charge in [-0.3, -0.25) is 0 Å². The lowest BCUT2D eigenvalue weighted by Crippen LogP contribution is -2.51. The molecule has 1 rings (SSSR count). The summed E-state index contributed by atoms with van der Waals surface area (Å²) in [7, 11) is 0. The summed E-state index contributed by atoms with van der Waals surface area (Å²) in [4.78, 5) is 34.5. The van der Waals surface area contributed by atoms with Crippen LogP contribution in [0.1, 0.15) is 19.8 Å². The molecular weight excluding hydrogens is 256 g/mol. The highest BCUT2D eigenvalue weighted by Crippen LogP contribution is 2.23. The molecule has 1 N–H and O–H groups in total. The van der Waals surface area contributed by atoms with Crippen molar-refractivity contribution < 1.29 is 33.7 Å². The third-order valence-electron chi connectivity index (χ3n) is 2.52. The quantitative estimate of drug-likeness (QED) is 0.293. The van der Waals surface area contributed by atoms with E-state index in [4.69, 9.17) is 14.2 Å². The fraction of sp³-hybridized carbons (Fsp3) is 0.583. The van der Waals surface area contributed by atoms with E-state index < -0.39 is 23.5 Å². The lowest BCUT2D eigenvalue weighted by atomic mass is 9.98. The first-order valence-corrected chi connectivity index (χ1v) is 5.84. The number of carboxylic acids is 1. The molecule has 1 aliphatic rings. The summed E-state index contributed by atoms with van der Waals surface area (Å²) in [6.07, 6.45) is 0.745. The molecule has 0 aromatic heterocycles. The summed E-state index contributed by atoms with van der Waals surface area (Å²) in [5, 5.41) is 9.21. The molecule has 2 unspecified atom stereocenters. The van der Waals surface area contributed by atoms with Crippen LogP contribution in [0.15, 0.2) is 12.7 Å². The molecule has 0 spiro atoms. The Morgan fingerprint density at radius 1 is 1.53 bits per heavy atom. The molecule has 0 aliphatic carbocycles. The Labute approximate surface area is 110 Å². The molecule has 0 radical (unpaired) electrons. The van der Waals surface area contributed by atoms with E-state index in [1.165, 1.54) is 0 Å². The molecule has 0 bridgehead atoms. The van der Waals surface area contributed by atoms with E-state index in [2.05, 4.69) is 6.58 Å². The first kappa shape index (κ1) is 15.2. The molecule has 0 amide bonds. The zero-order valence-electron chi connectivity index (χ0n) is 10.6. The Morgan fingerprint density at radius 3 is 2.58 bits per heavy atom. The van der Waals surface area contributed by atoms with Gasteiger partial charge in [0.25, 0.3) is 0 Å². The summed E-state index contributed by atoms with van der Waals surface area (Å²) >= 11 is 0. The van der Waals surface area contributed by atoms with Crippen LogP contribution in [0.3, 0.4) is 0 Å². The van der Waals surface area contributed by atoms with Crippen LogP contribution >= 0.6 is 0 Å². The minimum Gasteiger partial charge on any atom is -0.478 e. The van der Waals surface area contributed by atoms with Gasteiger partial charge in [-0.2, -0.15) is 0 Å². The minimum absolute atomic E-state index is 0.0524. The van der Waals surface area contributed by atoms with Gasteiger partial charge in [-0.05, 0) is 0 Å². The van der Waals surface area contributed by atoms with E-state index in [0.29, 0.717) is 13.0 Å². The highest BCUT2D eigenvalue weighted by Gasteiger charge is 2.51. The molecule has 1 aliphatic heterocycles. The van der Waals surface area contributed by atoms with Gasteiger partial charge in [0, 0.05) is 12.5 Å². The van der Waals surface area contributed by atoms with Gasteiger partial charge in [0.15, 0.2) is 0 Å². The number of rotatable bonds is 8. The van der Waals surface area contributed by atoms with Gasteiger partial charge in [0.2, 0.25) is 0 Å². The maximum atomic E-state index is 11.9. The molecule has 1 fully saturated rings. The van der Waals surface area contributed by atoms with Gasteiger partial charge in [-0.15, -0.1) is 0 Å². The van der Waals surface area contributed by atoms with Crippen LogP contribution in [0.4, 0.5) is 0 Å². The van der Waals surface area contributed by atoms with Gasteiger partial charge in [0.1, 0.15) is 12.7 Å². The number of epoxide rings is 1.